The first-order valence-corrected chi connectivity index (χ1v) is 7.41. The molecule has 0 amide bonds. The molecule has 2 rings (SSSR count). The lowest BCUT2D eigenvalue weighted by molar-refractivity contribution is 0.0920. The molecule has 2 heteroatoms. The van der Waals surface area contributed by atoms with Gasteiger partial charge in [-0.2, -0.15) is 0 Å². The van der Waals surface area contributed by atoms with Crippen molar-refractivity contribution < 1.29 is 4.79 Å². The molecule has 1 aromatic rings. The van der Waals surface area contributed by atoms with Crippen LogP contribution in [0.1, 0.15) is 49.0 Å². The Morgan fingerprint density at radius 3 is 2.58 bits per heavy atom. The number of carbonyl (C=O) groups is 1. The molecule has 0 bridgehead atoms. The molecule has 0 atom stereocenters. The van der Waals surface area contributed by atoms with Crippen LogP contribution in [0, 0.1) is 12.8 Å². The minimum absolute atomic E-state index is 0.272. The second kappa shape index (κ2) is 6.33. The third-order valence-corrected chi connectivity index (χ3v) is 3.85. The Morgan fingerprint density at radius 2 is 2.00 bits per heavy atom. The largest absolute Gasteiger partial charge is 0.293 e. The summed E-state index contributed by atoms with van der Waals surface area (Å²) < 4.78 is 0. The number of ketones is 1. The molecule has 1 aliphatic carbocycles. The number of nitrogens with zero attached hydrogens (tertiary/aromatic N) is 1. The highest BCUT2D eigenvalue weighted by molar-refractivity contribution is 5.98. The molecule has 0 N–H and O–H groups in total. The lowest BCUT2D eigenvalue weighted by Gasteiger charge is -2.22. The molecule has 0 saturated heterocycles. The number of rotatable bonds is 7. The molecule has 1 saturated carbocycles. The van der Waals surface area contributed by atoms with Gasteiger partial charge in [-0.25, -0.2) is 0 Å². The third kappa shape index (κ3) is 4.17. The number of aryl methyl sites for hydroxylation is 1. The van der Waals surface area contributed by atoms with E-state index < -0.39 is 0 Å². The molecule has 0 radical (unpaired) electrons. The molecule has 0 aliphatic heterocycles. The number of benzene rings is 1. The maximum Gasteiger partial charge on any atom is 0.177 e. The van der Waals surface area contributed by atoms with Crippen LogP contribution < -0.4 is 0 Å². The number of Topliss-reactive ketones (excluding diaryl/α,β-unsaturated/α-hetero) is 1. The molecule has 1 fully saturated rings. The molecular weight excluding hydrogens is 234 g/mol. The second-order valence-corrected chi connectivity index (χ2v) is 6.12. The molecule has 19 heavy (non-hydrogen) atoms. The van der Waals surface area contributed by atoms with E-state index in [-0.39, 0.29) is 5.78 Å². The molecule has 1 aromatic carbocycles. The van der Waals surface area contributed by atoms with Gasteiger partial charge < -0.3 is 0 Å². The van der Waals surface area contributed by atoms with E-state index >= 15 is 0 Å². The van der Waals surface area contributed by atoms with Gasteiger partial charge in [-0.15, -0.1) is 0 Å². The highest BCUT2D eigenvalue weighted by Gasteiger charge is 2.30. The van der Waals surface area contributed by atoms with Gasteiger partial charge in [0.15, 0.2) is 5.78 Å². The van der Waals surface area contributed by atoms with E-state index in [9.17, 15) is 4.79 Å². The maximum atomic E-state index is 12.4. The van der Waals surface area contributed by atoms with E-state index in [0.29, 0.717) is 18.5 Å². The number of carbonyl (C=O) groups excluding carboxylic acids is 1. The highest BCUT2D eigenvalue weighted by atomic mass is 16.1. The second-order valence-electron chi connectivity index (χ2n) is 6.12. The normalized spacial score (nSPS) is 15.2. The lowest BCUT2D eigenvalue weighted by atomic mass is 10.0. The summed E-state index contributed by atoms with van der Waals surface area (Å²) in [5, 5.41) is 0. The van der Waals surface area contributed by atoms with Crippen LogP contribution in [-0.4, -0.2) is 29.8 Å². The topological polar surface area (TPSA) is 20.3 Å². The van der Waals surface area contributed by atoms with Crippen molar-refractivity contribution in [2.45, 2.75) is 46.1 Å². The maximum absolute atomic E-state index is 12.4. The van der Waals surface area contributed by atoms with Crippen molar-refractivity contribution in [2.75, 3.05) is 13.1 Å². The van der Waals surface area contributed by atoms with Crippen molar-refractivity contribution in [3.63, 3.8) is 0 Å². The summed E-state index contributed by atoms with van der Waals surface area (Å²) in [5.41, 5.74) is 1.98. The van der Waals surface area contributed by atoms with Gasteiger partial charge in [0.05, 0.1) is 6.54 Å². The minimum atomic E-state index is 0.272. The predicted molar refractivity (Wildman–Crippen MR) is 79.6 cm³/mol. The van der Waals surface area contributed by atoms with Crippen LogP contribution in [0.5, 0.6) is 0 Å². The van der Waals surface area contributed by atoms with Crippen molar-refractivity contribution in [3.05, 3.63) is 35.4 Å². The third-order valence-electron chi connectivity index (χ3n) is 3.85. The van der Waals surface area contributed by atoms with Crippen LogP contribution in [0.2, 0.25) is 0 Å². The van der Waals surface area contributed by atoms with E-state index in [1.807, 2.05) is 31.2 Å². The molecule has 1 aliphatic rings. The Hall–Kier alpha value is -1.15. The van der Waals surface area contributed by atoms with E-state index in [1.54, 1.807) is 0 Å². The van der Waals surface area contributed by atoms with Gasteiger partial charge in [-0.05, 0) is 44.2 Å². The standard InChI is InChI=1S/C17H25NO/c1-13(2)10-11-18(15-8-9-15)12-17(19)16-7-5-4-6-14(16)3/h4-7,13,15H,8-12H2,1-3H3. The average molecular weight is 259 g/mol. The summed E-state index contributed by atoms with van der Waals surface area (Å²) in [6.07, 6.45) is 3.70. The molecular formula is C17H25NO. The SMILES string of the molecule is Cc1ccccc1C(=O)CN(CCC(C)C)C1CC1. The Balaban J connectivity index is 1.97. The fourth-order valence-corrected chi connectivity index (χ4v) is 2.41. The average Bonchev–Trinajstić information content (AvgIpc) is 3.18. The quantitative estimate of drug-likeness (QED) is 0.696. The molecule has 0 spiro atoms. The first-order chi connectivity index (χ1) is 9.08. The van der Waals surface area contributed by atoms with Crippen LogP contribution in [0.15, 0.2) is 24.3 Å². The molecule has 0 aromatic heterocycles. The van der Waals surface area contributed by atoms with E-state index in [1.165, 1.54) is 19.3 Å². The summed E-state index contributed by atoms with van der Waals surface area (Å²) in [5.74, 6) is 0.976. The van der Waals surface area contributed by atoms with E-state index in [4.69, 9.17) is 0 Å². The fraction of sp³-hybridized carbons (Fsp3) is 0.588. The number of hydrogen-bond acceptors (Lipinski definition) is 2. The Bertz CT molecular complexity index is 435. The summed E-state index contributed by atoms with van der Waals surface area (Å²) in [6.45, 7) is 8.15. The van der Waals surface area contributed by atoms with Crippen LogP contribution in [-0.2, 0) is 0 Å². The van der Waals surface area contributed by atoms with Gasteiger partial charge in [0.1, 0.15) is 0 Å². The fourth-order valence-electron chi connectivity index (χ4n) is 2.41. The highest BCUT2D eigenvalue weighted by Crippen LogP contribution is 2.27. The van der Waals surface area contributed by atoms with Crippen molar-refractivity contribution >= 4 is 5.78 Å². The molecule has 104 valence electrons. The van der Waals surface area contributed by atoms with Crippen LogP contribution >= 0.6 is 0 Å². The van der Waals surface area contributed by atoms with Crippen molar-refractivity contribution in [1.29, 1.82) is 0 Å². The molecule has 2 nitrogen and oxygen atoms in total. The predicted octanol–water partition coefficient (Wildman–Crippen LogP) is 3.69. The molecule has 0 heterocycles. The van der Waals surface area contributed by atoms with Crippen LogP contribution in [0.25, 0.3) is 0 Å². The van der Waals surface area contributed by atoms with Crippen LogP contribution in [0.4, 0.5) is 0 Å². The Labute approximate surface area is 116 Å². The van der Waals surface area contributed by atoms with Gasteiger partial charge in [-0.3, -0.25) is 9.69 Å². The Kier molecular flexibility index (Phi) is 4.76. The zero-order valence-corrected chi connectivity index (χ0v) is 12.4. The van der Waals surface area contributed by atoms with Crippen molar-refractivity contribution in [3.8, 4) is 0 Å². The first-order valence-electron chi connectivity index (χ1n) is 7.41. The van der Waals surface area contributed by atoms with Gasteiger partial charge in [0.2, 0.25) is 0 Å². The van der Waals surface area contributed by atoms with Gasteiger partial charge in [0.25, 0.3) is 0 Å². The smallest absolute Gasteiger partial charge is 0.177 e. The summed E-state index contributed by atoms with van der Waals surface area (Å²) in [7, 11) is 0. The monoisotopic (exact) mass is 259 g/mol. The van der Waals surface area contributed by atoms with E-state index in [0.717, 1.165) is 17.7 Å². The summed E-state index contributed by atoms with van der Waals surface area (Å²) in [4.78, 5) is 14.8. The minimum Gasteiger partial charge on any atom is -0.293 e. The Morgan fingerprint density at radius 1 is 1.32 bits per heavy atom. The van der Waals surface area contributed by atoms with Crippen molar-refractivity contribution in [1.82, 2.24) is 4.90 Å². The van der Waals surface area contributed by atoms with Gasteiger partial charge in [0, 0.05) is 11.6 Å². The zero-order valence-electron chi connectivity index (χ0n) is 12.4. The summed E-state index contributed by atoms with van der Waals surface area (Å²) in [6, 6.07) is 8.57. The lowest BCUT2D eigenvalue weighted by Crippen LogP contribution is -2.33. The van der Waals surface area contributed by atoms with Gasteiger partial charge >= 0.3 is 0 Å². The van der Waals surface area contributed by atoms with Gasteiger partial charge in [-0.1, -0.05) is 38.1 Å². The number of hydrogen-bond donors (Lipinski definition) is 0. The molecule has 0 unspecified atom stereocenters. The van der Waals surface area contributed by atoms with Crippen molar-refractivity contribution in [2.24, 2.45) is 5.92 Å². The summed E-state index contributed by atoms with van der Waals surface area (Å²) >= 11 is 0. The van der Waals surface area contributed by atoms with E-state index in [2.05, 4.69) is 18.7 Å². The zero-order chi connectivity index (χ0) is 13.8. The first kappa shape index (κ1) is 14.3. The van der Waals surface area contributed by atoms with Crippen LogP contribution in [0.3, 0.4) is 0 Å².